The second-order valence-corrected chi connectivity index (χ2v) is 3.21. The molecule has 0 aromatic carbocycles. The van der Waals surface area contributed by atoms with Gasteiger partial charge in [0, 0.05) is 41.8 Å². The number of aryl methyl sites for hydroxylation is 1. The molecule has 0 radical (unpaired) electrons. The number of carbonyl (C=O) groups excluding carboxylic acids is 1. The summed E-state index contributed by atoms with van der Waals surface area (Å²) in [4.78, 5) is 14.6. The van der Waals surface area contributed by atoms with Gasteiger partial charge in [-0.2, -0.15) is 5.10 Å². The van der Waals surface area contributed by atoms with Crippen LogP contribution in [0.15, 0.2) is 30.9 Å². The van der Waals surface area contributed by atoms with Gasteiger partial charge in [0.25, 0.3) is 0 Å². The lowest BCUT2D eigenvalue weighted by molar-refractivity contribution is 0.112. The second-order valence-electron chi connectivity index (χ2n) is 3.21. The molecule has 0 amide bonds. The lowest BCUT2D eigenvalue weighted by Crippen LogP contribution is -1.92. The Hall–Kier alpha value is -1.97. The lowest BCUT2D eigenvalue weighted by atomic mass is 10.1. The number of hydrogen-bond acceptors (Lipinski definition) is 3. The zero-order valence-electron chi connectivity index (χ0n) is 8.42. The molecule has 15 heavy (non-hydrogen) atoms. The summed E-state index contributed by atoms with van der Waals surface area (Å²) in [5.74, 6) is 0. The molecule has 0 atom stereocenters. The molecule has 0 aliphatic rings. The van der Waals surface area contributed by atoms with Gasteiger partial charge in [0.2, 0.25) is 0 Å². The fourth-order valence-electron chi connectivity index (χ4n) is 1.37. The Bertz CT molecular complexity index is 476. The van der Waals surface area contributed by atoms with Crippen molar-refractivity contribution in [2.24, 2.45) is 0 Å². The minimum Gasteiger partial charge on any atom is -0.298 e. The molecular weight excluding hydrogens is 190 g/mol. The predicted molar refractivity (Wildman–Crippen MR) is 56.5 cm³/mol. The minimum atomic E-state index is 0.580. The van der Waals surface area contributed by atoms with E-state index in [9.17, 15) is 4.79 Å². The number of hydrogen-bond donors (Lipinski definition) is 0. The number of aromatic nitrogens is 3. The van der Waals surface area contributed by atoms with Crippen molar-refractivity contribution in [1.29, 1.82) is 0 Å². The van der Waals surface area contributed by atoms with E-state index >= 15 is 0 Å². The van der Waals surface area contributed by atoms with E-state index in [-0.39, 0.29) is 0 Å². The molecule has 0 aliphatic carbocycles. The van der Waals surface area contributed by atoms with E-state index in [0.29, 0.717) is 5.56 Å². The highest BCUT2D eigenvalue weighted by Gasteiger charge is 2.02. The van der Waals surface area contributed by atoms with Crippen molar-refractivity contribution in [1.82, 2.24) is 14.8 Å². The molecule has 2 heterocycles. The first-order valence-electron chi connectivity index (χ1n) is 4.76. The quantitative estimate of drug-likeness (QED) is 0.711. The number of rotatable bonds is 3. The van der Waals surface area contributed by atoms with Crippen LogP contribution in [-0.2, 0) is 6.54 Å². The van der Waals surface area contributed by atoms with Gasteiger partial charge in [-0.05, 0) is 13.0 Å². The minimum absolute atomic E-state index is 0.580. The third-order valence-corrected chi connectivity index (χ3v) is 2.19. The van der Waals surface area contributed by atoms with Crippen LogP contribution >= 0.6 is 0 Å². The van der Waals surface area contributed by atoms with Crippen molar-refractivity contribution >= 4 is 6.29 Å². The maximum atomic E-state index is 10.6. The standard InChI is InChI=1S/C11H11N3O/c1-2-14-7-11(6-13-14)10-3-9(8-15)4-12-5-10/h3-8H,2H2,1H3. The summed E-state index contributed by atoms with van der Waals surface area (Å²) in [6.45, 7) is 2.86. The van der Waals surface area contributed by atoms with E-state index in [1.807, 2.05) is 17.8 Å². The molecule has 0 aliphatic heterocycles. The van der Waals surface area contributed by atoms with Crippen LogP contribution < -0.4 is 0 Å². The zero-order chi connectivity index (χ0) is 10.7. The van der Waals surface area contributed by atoms with Crippen LogP contribution in [0.1, 0.15) is 17.3 Å². The van der Waals surface area contributed by atoms with E-state index in [0.717, 1.165) is 24.0 Å². The van der Waals surface area contributed by atoms with Crippen molar-refractivity contribution in [2.45, 2.75) is 13.5 Å². The normalized spacial score (nSPS) is 10.2. The first-order valence-corrected chi connectivity index (χ1v) is 4.76. The van der Waals surface area contributed by atoms with Crippen molar-refractivity contribution < 1.29 is 4.79 Å². The fraction of sp³-hybridized carbons (Fsp3) is 0.182. The Morgan fingerprint density at radius 1 is 1.33 bits per heavy atom. The van der Waals surface area contributed by atoms with Crippen LogP contribution in [0.5, 0.6) is 0 Å². The molecule has 4 heteroatoms. The smallest absolute Gasteiger partial charge is 0.151 e. The maximum absolute atomic E-state index is 10.6. The number of pyridine rings is 1. The van der Waals surface area contributed by atoms with Gasteiger partial charge in [0.05, 0.1) is 6.20 Å². The molecule has 0 saturated carbocycles. The van der Waals surface area contributed by atoms with Crippen LogP contribution in [-0.4, -0.2) is 21.1 Å². The Kier molecular flexibility index (Phi) is 2.58. The molecule has 0 N–H and O–H groups in total. The lowest BCUT2D eigenvalue weighted by Gasteiger charge is -1.96. The van der Waals surface area contributed by atoms with Gasteiger partial charge < -0.3 is 0 Å². The Morgan fingerprint density at radius 2 is 2.20 bits per heavy atom. The molecule has 0 bridgehead atoms. The van der Waals surface area contributed by atoms with E-state index < -0.39 is 0 Å². The van der Waals surface area contributed by atoms with Crippen molar-refractivity contribution in [3.63, 3.8) is 0 Å². The molecule has 2 aromatic rings. The first-order chi connectivity index (χ1) is 7.33. The summed E-state index contributed by atoms with van der Waals surface area (Å²) < 4.78 is 1.84. The molecular formula is C11H11N3O. The van der Waals surface area contributed by atoms with Crippen molar-refractivity contribution in [2.75, 3.05) is 0 Å². The summed E-state index contributed by atoms with van der Waals surface area (Å²) in [7, 11) is 0. The van der Waals surface area contributed by atoms with Crippen molar-refractivity contribution in [3.05, 3.63) is 36.4 Å². The van der Waals surface area contributed by atoms with E-state index in [1.165, 1.54) is 0 Å². The Labute approximate surface area is 87.6 Å². The molecule has 0 saturated heterocycles. The Morgan fingerprint density at radius 3 is 2.87 bits per heavy atom. The maximum Gasteiger partial charge on any atom is 0.151 e. The Balaban J connectivity index is 2.39. The summed E-state index contributed by atoms with van der Waals surface area (Å²) in [5.41, 5.74) is 2.48. The number of nitrogens with zero attached hydrogens (tertiary/aromatic N) is 3. The van der Waals surface area contributed by atoms with Gasteiger partial charge in [0.15, 0.2) is 6.29 Å². The van der Waals surface area contributed by atoms with Crippen LogP contribution in [0.4, 0.5) is 0 Å². The van der Waals surface area contributed by atoms with Gasteiger partial charge in [0.1, 0.15) is 0 Å². The van der Waals surface area contributed by atoms with Gasteiger partial charge in [-0.25, -0.2) is 0 Å². The largest absolute Gasteiger partial charge is 0.298 e. The van der Waals surface area contributed by atoms with E-state index in [4.69, 9.17) is 0 Å². The van der Waals surface area contributed by atoms with E-state index in [2.05, 4.69) is 10.1 Å². The average Bonchev–Trinajstić information content (AvgIpc) is 2.78. The highest BCUT2D eigenvalue weighted by molar-refractivity contribution is 5.77. The van der Waals surface area contributed by atoms with Crippen LogP contribution in [0, 0.1) is 0 Å². The van der Waals surface area contributed by atoms with Gasteiger partial charge in [-0.3, -0.25) is 14.5 Å². The molecule has 2 aromatic heterocycles. The van der Waals surface area contributed by atoms with Gasteiger partial charge >= 0.3 is 0 Å². The second kappa shape index (κ2) is 4.04. The third kappa shape index (κ3) is 1.93. The fourth-order valence-corrected chi connectivity index (χ4v) is 1.37. The molecule has 0 spiro atoms. The highest BCUT2D eigenvalue weighted by Crippen LogP contribution is 2.17. The third-order valence-electron chi connectivity index (χ3n) is 2.19. The number of carbonyl (C=O) groups is 1. The summed E-state index contributed by atoms with van der Waals surface area (Å²) in [5, 5.41) is 4.17. The molecule has 0 unspecified atom stereocenters. The molecule has 76 valence electrons. The monoisotopic (exact) mass is 201 g/mol. The zero-order valence-corrected chi connectivity index (χ0v) is 8.42. The summed E-state index contributed by atoms with van der Waals surface area (Å²) in [6.07, 6.45) is 7.77. The average molecular weight is 201 g/mol. The van der Waals surface area contributed by atoms with Crippen LogP contribution in [0.3, 0.4) is 0 Å². The highest BCUT2D eigenvalue weighted by atomic mass is 16.1. The molecule has 0 fully saturated rings. The van der Waals surface area contributed by atoms with Crippen LogP contribution in [0.2, 0.25) is 0 Å². The predicted octanol–water partition coefficient (Wildman–Crippen LogP) is 1.78. The van der Waals surface area contributed by atoms with Crippen molar-refractivity contribution in [3.8, 4) is 11.1 Å². The SMILES string of the molecule is CCn1cc(-c2cncc(C=O)c2)cn1. The van der Waals surface area contributed by atoms with Gasteiger partial charge in [-0.1, -0.05) is 0 Å². The first kappa shape index (κ1) is 9.58. The summed E-state index contributed by atoms with van der Waals surface area (Å²) in [6, 6.07) is 1.80. The number of aldehydes is 1. The molecule has 2 rings (SSSR count). The van der Waals surface area contributed by atoms with Crippen LogP contribution in [0.25, 0.3) is 11.1 Å². The summed E-state index contributed by atoms with van der Waals surface area (Å²) >= 11 is 0. The van der Waals surface area contributed by atoms with Gasteiger partial charge in [-0.15, -0.1) is 0 Å². The van der Waals surface area contributed by atoms with E-state index in [1.54, 1.807) is 24.7 Å². The topological polar surface area (TPSA) is 47.8 Å². The molecule has 4 nitrogen and oxygen atoms in total.